The molecule has 0 radical (unpaired) electrons. The van der Waals surface area contributed by atoms with Crippen LogP contribution in [0.15, 0.2) is 42.5 Å². The van der Waals surface area contributed by atoms with E-state index in [4.69, 9.17) is 0 Å². The fraction of sp³-hybridized carbons (Fsp3) is 0.300. The molecule has 0 heterocycles. The van der Waals surface area contributed by atoms with Crippen LogP contribution in [0.25, 0.3) is 0 Å². The summed E-state index contributed by atoms with van der Waals surface area (Å²) >= 11 is 0. The number of rotatable bonds is 5. The molecule has 1 fully saturated rings. The van der Waals surface area contributed by atoms with Crippen molar-refractivity contribution in [3.05, 3.63) is 59.2 Å². The van der Waals surface area contributed by atoms with Crippen LogP contribution in [-0.2, 0) is 6.18 Å². The van der Waals surface area contributed by atoms with Gasteiger partial charge in [-0.2, -0.15) is 13.2 Å². The molecule has 5 nitrogen and oxygen atoms in total. The van der Waals surface area contributed by atoms with Crippen molar-refractivity contribution in [1.82, 2.24) is 5.32 Å². The molecule has 0 aromatic heterocycles. The molecule has 1 saturated carbocycles. The predicted octanol–water partition coefficient (Wildman–Crippen LogP) is 3.92. The van der Waals surface area contributed by atoms with Crippen molar-refractivity contribution >= 4 is 23.2 Å². The molecule has 0 unspecified atom stereocenters. The van der Waals surface area contributed by atoms with Crippen molar-refractivity contribution in [3.8, 4) is 0 Å². The summed E-state index contributed by atoms with van der Waals surface area (Å²) in [6.45, 7) is 0. The van der Waals surface area contributed by atoms with Gasteiger partial charge in [0, 0.05) is 37.1 Å². The minimum Gasteiger partial charge on any atom is -0.377 e. The highest BCUT2D eigenvalue weighted by atomic mass is 19.4. The van der Waals surface area contributed by atoms with Gasteiger partial charge in [0.25, 0.3) is 11.8 Å². The minimum atomic E-state index is -4.53. The van der Waals surface area contributed by atoms with Crippen LogP contribution in [0.4, 0.5) is 24.5 Å². The van der Waals surface area contributed by atoms with Gasteiger partial charge >= 0.3 is 6.18 Å². The lowest BCUT2D eigenvalue weighted by Gasteiger charge is -2.18. The van der Waals surface area contributed by atoms with Crippen molar-refractivity contribution in [2.24, 2.45) is 0 Å². The average Bonchev–Trinajstić information content (AvgIpc) is 3.44. The van der Waals surface area contributed by atoms with Gasteiger partial charge < -0.3 is 15.5 Å². The van der Waals surface area contributed by atoms with E-state index in [0.29, 0.717) is 16.9 Å². The molecule has 0 spiro atoms. The van der Waals surface area contributed by atoms with E-state index in [1.54, 1.807) is 31.1 Å². The number of anilines is 2. The Morgan fingerprint density at radius 2 is 1.75 bits per heavy atom. The monoisotopic (exact) mass is 391 g/mol. The first-order chi connectivity index (χ1) is 13.1. The Morgan fingerprint density at radius 3 is 2.36 bits per heavy atom. The maximum atomic E-state index is 12.8. The van der Waals surface area contributed by atoms with Crippen LogP contribution in [0.3, 0.4) is 0 Å². The summed E-state index contributed by atoms with van der Waals surface area (Å²) in [6, 6.07) is 9.18. The highest BCUT2D eigenvalue weighted by Gasteiger charge is 2.31. The third-order valence-corrected chi connectivity index (χ3v) is 4.35. The van der Waals surface area contributed by atoms with Crippen molar-refractivity contribution in [3.63, 3.8) is 0 Å². The smallest absolute Gasteiger partial charge is 0.377 e. The number of hydrogen-bond acceptors (Lipinski definition) is 3. The molecule has 0 bridgehead atoms. The topological polar surface area (TPSA) is 61.4 Å². The summed E-state index contributed by atoms with van der Waals surface area (Å²) < 4.78 is 38.5. The average molecular weight is 391 g/mol. The van der Waals surface area contributed by atoms with Gasteiger partial charge in [-0.15, -0.1) is 0 Å². The second kappa shape index (κ2) is 7.53. The molecular formula is C20H20F3N3O2. The highest BCUT2D eigenvalue weighted by Crippen LogP contribution is 2.30. The van der Waals surface area contributed by atoms with Crippen molar-refractivity contribution in [2.75, 3.05) is 24.3 Å². The number of carbonyl (C=O) groups is 2. The first-order valence-corrected chi connectivity index (χ1v) is 8.76. The van der Waals surface area contributed by atoms with Crippen LogP contribution < -0.4 is 15.5 Å². The lowest BCUT2D eigenvalue weighted by molar-refractivity contribution is -0.137. The molecule has 3 rings (SSSR count). The van der Waals surface area contributed by atoms with Gasteiger partial charge in [0.05, 0.1) is 11.1 Å². The molecule has 0 aliphatic heterocycles. The summed E-state index contributed by atoms with van der Waals surface area (Å²) in [7, 11) is 3.59. The van der Waals surface area contributed by atoms with E-state index < -0.39 is 17.6 Å². The third kappa shape index (κ3) is 4.62. The first-order valence-electron chi connectivity index (χ1n) is 8.76. The molecule has 2 N–H and O–H groups in total. The Morgan fingerprint density at radius 1 is 1.04 bits per heavy atom. The van der Waals surface area contributed by atoms with E-state index in [-0.39, 0.29) is 17.5 Å². The maximum absolute atomic E-state index is 12.8. The summed E-state index contributed by atoms with van der Waals surface area (Å²) in [5.41, 5.74) is 0.381. The fourth-order valence-electron chi connectivity index (χ4n) is 2.72. The second-order valence-corrected chi connectivity index (χ2v) is 6.91. The van der Waals surface area contributed by atoms with Gasteiger partial charge in [-0.25, -0.2) is 0 Å². The number of amides is 2. The zero-order chi connectivity index (χ0) is 20.5. The molecular weight excluding hydrogens is 371 g/mol. The van der Waals surface area contributed by atoms with Gasteiger partial charge in [-0.05, 0) is 49.2 Å². The van der Waals surface area contributed by atoms with Crippen LogP contribution in [0.1, 0.15) is 39.1 Å². The van der Waals surface area contributed by atoms with Gasteiger partial charge in [0.2, 0.25) is 0 Å². The van der Waals surface area contributed by atoms with E-state index in [1.807, 2.05) is 0 Å². The summed E-state index contributed by atoms with van der Waals surface area (Å²) in [4.78, 5) is 26.7. The molecule has 2 aromatic carbocycles. The van der Waals surface area contributed by atoms with Crippen LogP contribution >= 0.6 is 0 Å². The number of carbonyl (C=O) groups excluding carboxylic acids is 2. The standard InChI is InChI=1S/C20H20F3N3O2/c1-26(2)17-9-8-15(11-16(17)19(28)24-14-6-7-14)25-18(27)12-4-3-5-13(10-12)20(21,22)23/h3-5,8-11,14H,6-7H2,1-2H3,(H,24,28)(H,25,27). The van der Waals surface area contributed by atoms with Crippen LogP contribution in [0.5, 0.6) is 0 Å². The van der Waals surface area contributed by atoms with Crippen LogP contribution in [0, 0.1) is 0 Å². The SMILES string of the molecule is CN(C)c1ccc(NC(=O)c2cccc(C(F)(F)F)c2)cc1C(=O)NC1CC1. The fourth-order valence-corrected chi connectivity index (χ4v) is 2.72. The predicted molar refractivity (Wildman–Crippen MR) is 101 cm³/mol. The van der Waals surface area contributed by atoms with E-state index in [9.17, 15) is 22.8 Å². The molecule has 28 heavy (non-hydrogen) atoms. The largest absolute Gasteiger partial charge is 0.416 e. The molecule has 1 aliphatic rings. The van der Waals surface area contributed by atoms with E-state index >= 15 is 0 Å². The number of halogens is 3. The van der Waals surface area contributed by atoms with E-state index in [2.05, 4.69) is 10.6 Å². The van der Waals surface area contributed by atoms with Crippen molar-refractivity contribution in [1.29, 1.82) is 0 Å². The Bertz CT molecular complexity index is 906. The normalized spacial score (nSPS) is 13.8. The molecule has 2 amide bonds. The van der Waals surface area contributed by atoms with Gasteiger partial charge in [-0.1, -0.05) is 6.07 Å². The summed E-state index contributed by atoms with van der Waals surface area (Å²) in [6.07, 6.45) is -2.65. The Kier molecular flexibility index (Phi) is 5.31. The zero-order valence-corrected chi connectivity index (χ0v) is 15.4. The Balaban J connectivity index is 1.83. The highest BCUT2D eigenvalue weighted by molar-refractivity contribution is 6.06. The van der Waals surface area contributed by atoms with E-state index in [0.717, 1.165) is 25.0 Å². The zero-order valence-electron chi connectivity index (χ0n) is 15.4. The molecule has 0 saturated heterocycles. The van der Waals surface area contributed by atoms with Crippen molar-refractivity contribution < 1.29 is 22.8 Å². The Labute approximate surface area is 160 Å². The number of hydrogen-bond donors (Lipinski definition) is 2. The number of nitrogens with zero attached hydrogens (tertiary/aromatic N) is 1. The minimum absolute atomic E-state index is 0.115. The third-order valence-electron chi connectivity index (χ3n) is 4.35. The molecule has 148 valence electrons. The quantitative estimate of drug-likeness (QED) is 0.812. The lowest BCUT2D eigenvalue weighted by atomic mass is 10.1. The number of nitrogens with one attached hydrogen (secondary N) is 2. The van der Waals surface area contributed by atoms with Gasteiger partial charge in [0.15, 0.2) is 0 Å². The number of alkyl halides is 3. The van der Waals surface area contributed by atoms with Crippen LogP contribution in [-0.4, -0.2) is 32.0 Å². The van der Waals surface area contributed by atoms with Crippen LogP contribution in [0.2, 0.25) is 0 Å². The van der Waals surface area contributed by atoms with Gasteiger partial charge in [-0.3, -0.25) is 9.59 Å². The second-order valence-electron chi connectivity index (χ2n) is 6.91. The lowest BCUT2D eigenvalue weighted by Crippen LogP contribution is -2.27. The molecule has 0 atom stereocenters. The Hall–Kier alpha value is -3.03. The molecule has 8 heteroatoms. The molecule has 2 aromatic rings. The summed E-state index contributed by atoms with van der Waals surface area (Å²) in [5.74, 6) is -0.932. The number of benzene rings is 2. The molecule has 1 aliphatic carbocycles. The summed E-state index contributed by atoms with van der Waals surface area (Å²) in [5, 5.41) is 5.46. The van der Waals surface area contributed by atoms with Gasteiger partial charge in [0.1, 0.15) is 0 Å². The van der Waals surface area contributed by atoms with Crippen molar-refractivity contribution in [2.45, 2.75) is 25.1 Å². The first kappa shape index (κ1) is 19.7. The van der Waals surface area contributed by atoms with E-state index in [1.165, 1.54) is 18.2 Å². The maximum Gasteiger partial charge on any atom is 0.416 e.